The van der Waals surface area contributed by atoms with Crippen molar-refractivity contribution < 1.29 is 4.58 Å². The Bertz CT molecular complexity index is 799. The van der Waals surface area contributed by atoms with Crippen molar-refractivity contribution in [2.24, 2.45) is 0 Å². The van der Waals surface area contributed by atoms with Crippen molar-refractivity contribution in [3.63, 3.8) is 0 Å². The van der Waals surface area contributed by atoms with Gasteiger partial charge in [-0.25, -0.2) is 4.58 Å². The van der Waals surface area contributed by atoms with Crippen molar-refractivity contribution in [1.29, 1.82) is 0 Å². The Morgan fingerprint density at radius 1 is 1.04 bits per heavy atom. The van der Waals surface area contributed by atoms with E-state index >= 15 is 0 Å². The summed E-state index contributed by atoms with van der Waals surface area (Å²) in [6, 6.07) is 16.9. The average molecular weight is 317 g/mol. The lowest BCUT2D eigenvalue weighted by Gasteiger charge is -2.25. The molecule has 2 heteroatoms. The van der Waals surface area contributed by atoms with Crippen molar-refractivity contribution in [1.82, 2.24) is 0 Å². The van der Waals surface area contributed by atoms with E-state index in [0.717, 1.165) is 25.1 Å². The highest BCUT2D eigenvalue weighted by atomic mass is 15.1. The molecule has 2 aromatic carbocycles. The number of hydrogen-bond donors (Lipinski definition) is 0. The number of anilines is 1. The quantitative estimate of drug-likeness (QED) is 0.704. The van der Waals surface area contributed by atoms with Crippen molar-refractivity contribution >= 4 is 23.2 Å². The van der Waals surface area contributed by atoms with Gasteiger partial charge in [0.2, 0.25) is 5.69 Å². The molecule has 2 aliphatic rings. The minimum Gasteiger partial charge on any atom is -0.348 e. The van der Waals surface area contributed by atoms with Gasteiger partial charge in [0.1, 0.15) is 12.8 Å². The van der Waals surface area contributed by atoms with Gasteiger partial charge < -0.3 is 4.90 Å². The van der Waals surface area contributed by atoms with E-state index in [1.54, 1.807) is 0 Å². The van der Waals surface area contributed by atoms with E-state index in [9.17, 15) is 0 Å². The summed E-state index contributed by atoms with van der Waals surface area (Å²) in [7, 11) is 0. The third kappa shape index (κ3) is 3.18. The molecule has 0 spiro atoms. The van der Waals surface area contributed by atoms with Crippen LogP contribution in [0, 0.1) is 0 Å². The molecule has 0 saturated heterocycles. The first-order valence-electron chi connectivity index (χ1n) is 8.65. The van der Waals surface area contributed by atoms with Crippen molar-refractivity contribution in [3.8, 4) is 0 Å². The van der Waals surface area contributed by atoms with Gasteiger partial charge in [-0.1, -0.05) is 43.0 Å². The zero-order valence-corrected chi connectivity index (χ0v) is 14.6. The van der Waals surface area contributed by atoms with Crippen LogP contribution in [0.25, 0.3) is 5.57 Å². The van der Waals surface area contributed by atoms with E-state index in [-0.39, 0.29) is 0 Å². The summed E-state index contributed by atoms with van der Waals surface area (Å²) in [6.07, 6.45) is 7.51. The minimum atomic E-state index is 1.00. The maximum Gasteiger partial charge on any atom is 0.208 e. The second-order valence-corrected chi connectivity index (χ2v) is 5.95. The van der Waals surface area contributed by atoms with Gasteiger partial charge in [-0.15, -0.1) is 0 Å². The maximum absolute atomic E-state index is 4.01. The standard InChI is InChI=1S/C12H13N.C10H12N/c1-3-13-9-8-10(2)11-6-4-5-7-12(11)13;1-2-11-8-7-9-5-3-4-6-10(9)11/h4-9H,2-3H2,1H3;3-6,8H,2,7H2,1H3/q;+1. The number of allylic oxidation sites excluding steroid dienone is 2. The summed E-state index contributed by atoms with van der Waals surface area (Å²) in [5, 5.41) is 0. The molecule has 0 fully saturated rings. The molecule has 0 saturated carbocycles. The van der Waals surface area contributed by atoms with E-state index in [2.05, 4.69) is 96.9 Å². The van der Waals surface area contributed by atoms with Gasteiger partial charge in [0.15, 0.2) is 0 Å². The van der Waals surface area contributed by atoms with Crippen LogP contribution in [0.5, 0.6) is 0 Å². The van der Waals surface area contributed by atoms with E-state index in [0.29, 0.717) is 0 Å². The highest BCUT2D eigenvalue weighted by molar-refractivity contribution is 5.84. The van der Waals surface area contributed by atoms with E-state index in [1.807, 2.05) is 0 Å². The number of fused-ring (bicyclic) bond motifs is 2. The topological polar surface area (TPSA) is 6.25 Å². The predicted molar refractivity (Wildman–Crippen MR) is 104 cm³/mol. The number of para-hydroxylation sites is 2. The molecular formula is C22H25N2+. The van der Waals surface area contributed by atoms with E-state index < -0.39 is 0 Å². The molecule has 24 heavy (non-hydrogen) atoms. The lowest BCUT2D eigenvalue weighted by Crippen LogP contribution is -2.18. The van der Waals surface area contributed by atoms with Crippen LogP contribution in [-0.4, -0.2) is 23.9 Å². The Morgan fingerprint density at radius 2 is 1.79 bits per heavy atom. The fourth-order valence-electron chi connectivity index (χ4n) is 3.19. The normalized spacial score (nSPS) is 14.5. The van der Waals surface area contributed by atoms with Crippen molar-refractivity contribution in [2.75, 3.05) is 18.0 Å². The molecule has 0 amide bonds. The molecule has 2 aromatic rings. The van der Waals surface area contributed by atoms with Crippen LogP contribution in [0.2, 0.25) is 0 Å². The fraction of sp³-hybridized carbons (Fsp3) is 0.227. The lowest BCUT2D eigenvalue weighted by molar-refractivity contribution is -0.428. The molecule has 0 N–H and O–H groups in total. The molecule has 2 heterocycles. The SMILES string of the molecule is C=C1C=CN(CC)c2ccccc21.CC[N+]1=CCc2ccccc21. The number of hydrogen-bond acceptors (Lipinski definition) is 1. The number of nitrogens with zero attached hydrogens (tertiary/aromatic N) is 2. The minimum absolute atomic E-state index is 1.00. The van der Waals surface area contributed by atoms with Crippen LogP contribution >= 0.6 is 0 Å². The van der Waals surface area contributed by atoms with Gasteiger partial charge in [-0.05, 0) is 31.6 Å². The molecule has 2 aliphatic heterocycles. The molecule has 0 unspecified atom stereocenters. The van der Waals surface area contributed by atoms with Gasteiger partial charge in [0.05, 0.1) is 6.42 Å². The molecule has 0 radical (unpaired) electrons. The molecule has 2 nitrogen and oxygen atoms in total. The zero-order valence-electron chi connectivity index (χ0n) is 14.6. The van der Waals surface area contributed by atoms with Crippen LogP contribution in [0.1, 0.15) is 25.0 Å². The lowest BCUT2D eigenvalue weighted by atomic mass is 10.0. The third-order valence-corrected chi connectivity index (χ3v) is 4.53. The Balaban J connectivity index is 0.000000143. The van der Waals surface area contributed by atoms with Gasteiger partial charge in [0.25, 0.3) is 0 Å². The molecule has 0 bridgehead atoms. The molecule has 0 aliphatic carbocycles. The summed E-state index contributed by atoms with van der Waals surface area (Å²) < 4.78 is 2.30. The average Bonchev–Trinajstić information content (AvgIpc) is 3.06. The summed E-state index contributed by atoms with van der Waals surface area (Å²) >= 11 is 0. The number of benzene rings is 2. The smallest absolute Gasteiger partial charge is 0.208 e. The van der Waals surface area contributed by atoms with Crippen LogP contribution < -0.4 is 4.90 Å². The molecule has 0 atom stereocenters. The van der Waals surface area contributed by atoms with Crippen LogP contribution in [0.3, 0.4) is 0 Å². The van der Waals surface area contributed by atoms with Gasteiger partial charge in [-0.2, -0.15) is 0 Å². The van der Waals surface area contributed by atoms with Crippen LogP contribution in [-0.2, 0) is 6.42 Å². The predicted octanol–water partition coefficient (Wildman–Crippen LogP) is 5.03. The highest BCUT2D eigenvalue weighted by Crippen LogP contribution is 2.30. The Hall–Kier alpha value is -2.61. The summed E-state index contributed by atoms with van der Waals surface area (Å²) in [6.45, 7) is 10.4. The monoisotopic (exact) mass is 317 g/mol. The largest absolute Gasteiger partial charge is 0.348 e. The molecule has 122 valence electrons. The summed E-state index contributed by atoms with van der Waals surface area (Å²) in [5.74, 6) is 0. The Labute approximate surface area is 145 Å². The highest BCUT2D eigenvalue weighted by Gasteiger charge is 2.18. The number of rotatable bonds is 2. The summed E-state index contributed by atoms with van der Waals surface area (Å²) in [4.78, 5) is 2.23. The van der Waals surface area contributed by atoms with Crippen molar-refractivity contribution in [2.45, 2.75) is 20.3 Å². The first-order valence-corrected chi connectivity index (χ1v) is 8.65. The van der Waals surface area contributed by atoms with Gasteiger partial charge >= 0.3 is 0 Å². The van der Waals surface area contributed by atoms with Crippen LogP contribution in [0.15, 0.2) is 67.4 Å². The Kier molecular flexibility index (Phi) is 4.95. The van der Waals surface area contributed by atoms with Gasteiger partial charge in [-0.3, -0.25) is 0 Å². The van der Waals surface area contributed by atoms with Crippen molar-refractivity contribution in [3.05, 3.63) is 78.5 Å². The first kappa shape index (κ1) is 16.3. The molecular weight excluding hydrogens is 292 g/mol. The Morgan fingerprint density at radius 3 is 2.58 bits per heavy atom. The van der Waals surface area contributed by atoms with Gasteiger partial charge in [0, 0.05) is 35.6 Å². The third-order valence-electron chi connectivity index (χ3n) is 4.53. The first-order chi connectivity index (χ1) is 11.7. The van der Waals surface area contributed by atoms with E-state index in [4.69, 9.17) is 0 Å². The molecule has 0 aromatic heterocycles. The molecule has 4 rings (SSSR count). The zero-order chi connectivity index (χ0) is 16.9. The maximum atomic E-state index is 4.01. The summed E-state index contributed by atoms with van der Waals surface area (Å²) in [5.41, 5.74) is 6.44. The second-order valence-electron chi connectivity index (χ2n) is 5.95. The second kappa shape index (κ2) is 7.31. The van der Waals surface area contributed by atoms with Crippen LogP contribution in [0.4, 0.5) is 11.4 Å². The fourth-order valence-corrected chi connectivity index (χ4v) is 3.19. The van der Waals surface area contributed by atoms with E-state index in [1.165, 1.54) is 22.5 Å².